The van der Waals surface area contributed by atoms with Crippen LogP contribution in [-0.2, 0) is 13.2 Å². The zero-order valence-electron chi connectivity index (χ0n) is 11.5. The van der Waals surface area contributed by atoms with Crippen molar-refractivity contribution < 1.29 is 13.5 Å². The summed E-state index contributed by atoms with van der Waals surface area (Å²) in [5.41, 5.74) is 2.50. The Kier molecular flexibility index (Phi) is 4.69. The Bertz CT molecular complexity index is 576. The molecule has 2 aromatic rings. The molecule has 0 fully saturated rings. The van der Waals surface area contributed by atoms with Gasteiger partial charge in [0.15, 0.2) is 17.4 Å². The first-order valence-electron chi connectivity index (χ1n) is 6.41. The van der Waals surface area contributed by atoms with Gasteiger partial charge in [-0.1, -0.05) is 29.8 Å². The molecule has 0 unspecified atom stereocenters. The van der Waals surface area contributed by atoms with Crippen LogP contribution >= 0.6 is 0 Å². The second kappa shape index (κ2) is 6.48. The van der Waals surface area contributed by atoms with Crippen LogP contribution in [-0.4, -0.2) is 7.05 Å². The van der Waals surface area contributed by atoms with Crippen LogP contribution in [0, 0.1) is 18.6 Å². The van der Waals surface area contributed by atoms with Crippen LogP contribution in [0.25, 0.3) is 0 Å². The third kappa shape index (κ3) is 3.54. The molecule has 0 spiro atoms. The lowest BCUT2D eigenvalue weighted by Gasteiger charge is -2.10. The molecule has 0 bridgehead atoms. The third-order valence-electron chi connectivity index (χ3n) is 2.90. The van der Waals surface area contributed by atoms with E-state index in [1.165, 1.54) is 12.1 Å². The molecule has 2 aromatic carbocycles. The fourth-order valence-electron chi connectivity index (χ4n) is 2.01. The van der Waals surface area contributed by atoms with E-state index in [9.17, 15) is 8.78 Å². The molecule has 0 atom stereocenters. The van der Waals surface area contributed by atoms with Crippen LogP contribution in [0.1, 0.15) is 16.7 Å². The smallest absolute Gasteiger partial charge is 0.191 e. The topological polar surface area (TPSA) is 21.3 Å². The number of nitrogens with one attached hydrogen (secondary N) is 1. The summed E-state index contributed by atoms with van der Waals surface area (Å²) >= 11 is 0. The number of aryl methyl sites for hydroxylation is 1. The highest BCUT2D eigenvalue weighted by Gasteiger charge is 2.12. The van der Waals surface area contributed by atoms with E-state index in [4.69, 9.17) is 4.74 Å². The SMILES string of the molecule is CNCc1cc(F)c(OCc2cccc(C)c2)c(F)c1. The molecule has 0 amide bonds. The minimum atomic E-state index is -0.678. The van der Waals surface area contributed by atoms with Crippen LogP contribution < -0.4 is 10.1 Å². The highest BCUT2D eigenvalue weighted by atomic mass is 19.1. The largest absolute Gasteiger partial charge is 0.483 e. The van der Waals surface area contributed by atoms with Crippen molar-refractivity contribution in [3.8, 4) is 5.75 Å². The van der Waals surface area contributed by atoms with Gasteiger partial charge in [-0.15, -0.1) is 0 Å². The molecule has 0 aliphatic rings. The van der Waals surface area contributed by atoms with E-state index in [0.29, 0.717) is 12.1 Å². The summed E-state index contributed by atoms with van der Waals surface area (Å²) in [6.07, 6.45) is 0. The van der Waals surface area contributed by atoms with Crippen molar-refractivity contribution in [3.63, 3.8) is 0 Å². The van der Waals surface area contributed by atoms with Gasteiger partial charge in [-0.05, 0) is 37.2 Å². The zero-order chi connectivity index (χ0) is 14.5. The Labute approximate surface area is 117 Å². The fourth-order valence-corrected chi connectivity index (χ4v) is 2.01. The number of ether oxygens (including phenoxy) is 1. The summed E-state index contributed by atoms with van der Waals surface area (Å²) in [6.45, 7) is 2.50. The summed E-state index contributed by atoms with van der Waals surface area (Å²) in [5.74, 6) is -1.68. The molecular formula is C16H17F2NO. The van der Waals surface area contributed by atoms with Gasteiger partial charge in [0.05, 0.1) is 0 Å². The molecule has 0 aliphatic carbocycles. The second-order valence-corrected chi connectivity index (χ2v) is 4.70. The minimum absolute atomic E-state index is 0.140. The molecule has 1 N–H and O–H groups in total. The van der Waals surface area contributed by atoms with E-state index in [0.717, 1.165) is 11.1 Å². The van der Waals surface area contributed by atoms with Crippen molar-refractivity contribution >= 4 is 0 Å². The molecule has 4 heteroatoms. The molecule has 106 valence electrons. The van der Waals surface area contributed by atoms with E-state index in [1.807, 2.05) is 31.2 Å². The van der Waals surface area contributed by atoms with Crippen LogP contribution in [0.15, 0.2) is 36.4 Å². The number of hydrogen-bond donors (Lipinski definition) is 1. The highest BCUT2D eigenvalue weighted by Crippen LogP contribution is 2.24. The molecule has 0 heterocycles. The predicted octanol–water partition coefficient (Wildman–Crippen LogP) is 3.57. The van der Waals surface area contributed by atoms with Gasteiger partial charge in [-0.3, -0.25) is 0 Å². The van der Waals surface area contributed by atoms with Gasteiger partial charge in [-0.2, -0.15) is 0 Å². The highest BCUT2D eigenvalue weighted by molar-refractivity contribution is 5.32. The van der Waals surface area contributed by atoms with E-state index in [-0.39, 0.29) is 12.4 Å². The molecule has 2 rings (SSSR count). The number of hydrogen-bond acceptors (Lipinski definition) is 2. The van der Waals surface area contributed by atoms with Gasteiger partial charge < -0.3 is 10.1 Å². The lowest BCUT2D eigenvalue weighted by Crippen LogP contribution is -2.07. The first-order valence-corrected chi connectivity index (χ1v) is 6.41. The summed E-state index contributed by atoms with van der Waals surface area (Å²) in [6, 6.07) is 10.2. The Morgan fingerprint density at radius 3 is 2.35 bits per heavy atom. The Hall–Kier alpha value is -1.94. The predicted molar refractivity (Wildman–Crippen MR) is 74.6 cm³/mol. The van der Waals surface area contributed by atoms with E-state index < -0.39 is 11.6 Å². The normalized spacial score (nSPS) is 10.6. The lowest BCUT2D eigenvalue weighted by atomic mass is 10.1. The van der Waals surface area contributed by atoms with Crippen molar-refractivity contribution in [1.29, 1.82) is 0 Å². The maximum atomic E-state index is 13.8. The fraction of sp³-hybridized carbons (Fsp3) is 0.250. The van der Waals surface area contributed by atoms with Crippen LogP contribution in [0.4, 0.5) is 8.78 Å². The van der Waals surface area contributed by atoms with E-state index >= 15 is 0 Å². The summed E-state index contributed by atoms with van der Waals surface area (Å²) < 4.78 is 32.9. The standard InChI is InChI=1S/C16H17F2NO/c1-11-4-3-5-12(6-11)10-20-16-14(17)7-13(9-19-2)8-15(16)18/h3-8,19H,9-10H2,1-2H3. The molecule has 2 nitrogen and oxygen atoms in total. The average molecular weight is 277 g/mol. The summed E-state index contributed by atoms with van der Waals surface area (Å²) in [5, 5.41) is 2.85. The Balaban J connectivity index is 2.13. The van der Waals surface area contributed by atoms with Crippen molar-refractivity contribution in [2.24, 2.45) is 0 Å². The van der Waals surface area contributed by atoms with Crippen LogP contribution in [0.2, 0.25) is 0 Å². The molecule has 20 heavy (non-hydrogen) atoms. The van der Waals surface area contributed by atoms with Gasteiger partial charge >= 0.3 is 0 Å². The van der Waals surface area contributed by atoms with Crippen molar-refractivity contribution in [3.05, 3.63) is 64.7 Å². The molecule has 0 saturated carbocycles. The quantitative estimate of drug-likeness (QED) is 0.902. The Morgan fingerprint density at radius 2 is 1.75 bits per heavy atom. The number of halogens is 2. The Morgan fingerprint density at radius 1 is 1.05 bits per heavy atom. The van der Waals surface area contributed by atoms with Crippen molar-refractivity contribution in [1.82, 2.24) is 5.32 Å². The van der Waals surface area contributed by atoms with Crippen molar-refractivity contribution in [2.45, 2.75) is 20.1 Å². The van der Waals surface area contributed by atoms with Gasteiger partial charge in [0.2, 0.25) is 0 Å². The molecule has 0 radical (unpaired) electrons. The number of rotatable bonds is 5. The lowest BCUT2D eigenvalue weighted by molar-refractivity contribution is 0.273. The maximum Gasteiger partial charge on any atom is 0.191 e. The van der Waals surface area contributed by atoms with Gasteiger partial charge in [0.1, 0.15) is 6.61 Å². The second-order valence-electron chi connectivity index (χ2n) is 4.70. The van der Waals surface area contributed by atoms with E-state index in [2.05, 4.69) is 5.32 Å². The average Bonchev–Trinajstić information content (AvgIpc) is 2.38. The van der Waals surface area contributed by atoms with Crippen molar-refractivity contribution in [2.75, 3.05) is 7.05 Å². The first-order chi connectivity index (χ1) is 9.60. The van der Waals surface area contributed by atoms with Crippen LogP contribution in [0.5, 0.6) is 5.75 Å². The zero-order valence-corrected chi connectivity index (χ0v) is 11.5. The van der Waals surface area contributed by atoms with E-state index in [1.54, 1.807) is 7.05 Å². The van der Waals surface area contributed by atoms with Gasteiger partial charge in [0.25, 0.3) is 0 Å². The maximum absolute atomic E-state index is 13.8. The molecule has 0 saturated heterocycles. The molecular weight excluding hydrogens is 260 g/mol. The third-order valence-corrected chi connectivity index (χ3v) is 2.90. The number of benzene rings is 2. The molecule has 0 aliphatic heterocycles. The monoisotopic (exact) mass is 277 g/mol. The van der Waals surface area contributed by atoms with Gasteiger partial charge in [0, 0.05) is 6.54 Å². The van der Waals surface area contributed by atoms with Crippen LogP contribution in [0.3, 0.4) is 0 Å². The molecule has 0 aromatic heterocycles. The minimum Gasteiger partial charge on any atom is -0.483 e. The summed E-state index contributed by atoms with van der Waals surface area (Å²) in [7, 11) is 1.72. The summed E-state index contributed by atoms with van der Waals surface area (Å²) in [4.78, 5) is 0. The van der Waals surface area contributed by atoms with Gasteiger partial charge in [-0.25, -0.2) is 8.78 Å². The first kappa shape index (κ1) is 14.5.